The molecule has 0 bridgehead atoms. The summed E-state index contributed by atoms with van der Waals surface area (Å²) >= 11 is 5.87. The van der Waals surface area contributed by atoms with Crippen molar-refractivity contribution in [3.8, 4) is 0 Å². The van der Waals surface area contributed by atoms with Crippen molar-refractivity contribution in [2.45, 2.75) is 37.5 Å². The molecule has 4 rings (SSSR count). The molecule has 2 aromatic rings. The first-order valence-electron chi connectivity index (χ1n) is 10.0. The molecule has 2 amide bonds. The Labute approximate surface area is 186 Å². The summed E-state index contributed by atoms with van der Waals surface area (Å²) in [5.74, 6) is -3.65. The van der Waals surface area contributed by atoms with Crippen LogP contribution in [0.15, 0.2) is 24.5 Å². The second kappa shape index (κ2) is 8.81. The Kier molecular flexibility index (Phi) is 6.09. The summed E-state index contributed by atoms with van der Waals surface area (Å²) in [6.45, 7) is 0.0371. The number of carbonyl (C=O) groups excluding carboxylic acids is 2. The van der Waals surface area contributed by atoms with Crippen LogP contribution in [0.1, 0.15) is 19.3 Å². The van der Waals surface area contributed by atoms with Gasteiger partial charge in [0.25, 0.3) is 5.91 Å². The quantitative estimate of drug-likeness (QED) is 0.714. The van der Waals surface area contributed by atoms with Gasteiger partial charge in [-0.3, -0.25) is 14.5 Å². The first-order valence-corrected chi connectivity index (χ1v) is 10.4. The first-order chi connectivity index (χ1) is 15.3. The first kappa shape index (κ1) is 22.1. The van der Waals surface area contributed by atoms with Crippen LogP contribution in [-0.4, -0.2) is 58.0 Å². The van der Waals surface area contributed by atoms with Crippen LogP contribution < -0.4 is 16.0 Å². The van der Waals surface area contributed by atoms with E-state index >= 15 is 0 Å². The monoisotopic (exact) mass is 468 g/mol. The summed E-state index contributed by atoms with van der Waals surface area (Å²) in [6.07, 6.45) is 0.154. The van der Waals surface area contributed by atoms with Gasteiger partial charge < -0.3 is 16.0 Å². The van der Waals surface area contributed by atoms with E-state index in [0.717, 1.165) is 22.2 Å². The van der Waals surface area contributed by atoms with Gasteiger partial charge in [0.15, 0.2) is 11.6 Å². The number of carbonyl (C=O) groups is 2. The molecule has 0 radical (unpaired) electrons. The van der Waals surface area contributed by atoms with E-state index in [9.17, 15) is 22.8 Å². The van der Waals surface area contributed by atoms with Crippen LogP contribution in [0.5, 0.6) is 0 Å². The number of benzene rings is 1. The van der Waals surface area contributed by atoms with E-state index in [1.165, 1.54) is 12.1 Å². The highest BCUT2D eigenvalue weighted by Gasteiger charge is 2.46. The molecule has 32 heavy (non-hydrogen) atoms. The molecule has 2 aliphatic rings. The zero-order chi connectivity index (χ0) is 23.0. The van der Waals surface area contributed by atoms with Crippen LogP contribution >= 0.6 is 11.6 Å². The maximum atomic E-state index is 14.9. The topological polar surface area (TPSA) is 104 Å². The lowest BCUT2D eigenvalue weighted by molar-refractivity contribution is -0.146. The molecule has 0 aliphatic carbocycles. The third-order valence-corrected chi connectivity index (χ3v) is 5.77. The summed E-state index contributed by atoms with van der Waals surface area (Å²) < 4.78 is 43.0. The van der Waals surface area contributed by atoms with E-state index in [2.05, 4.69) is 15.3 Å². The van der Waals surface area contributed by atoms with Crippen LogP contribution in [0.3, 0.4) is 0 Å². The number of hydrogen-bond acceptors (Lipinski definition) is 6. The van der Waals surface area contributed by atoms with Gasteiger partial charge in [-0.05, 0) is 37.5 Å². The van der Waals surface area contributed by atoms with Gasteiger partial charge >= 0.3 is 0 Å². The molecule has 3 heterocycles. The standard InChI is InChI=1S/C20H20ClF3N6O2/c21-10-6-11(22)8-12(7-10)28-14-2-1-4-29(19(14)31)16-13(23)3-5-30(20(16)32)18-15(24)17(25)26-9-27-18/h6-9,13-14,16,28H,1-5H2,(H2,25,26,27). The Morgan fingerprint density at radius 3 is 2.62 bits per heavy atom. The number of amides is 2. The Bertz CT molecular complexity index is 1040. The predicted molar refractivity (Wildman–Crippen MR) is 112 cm³/mol. The average Bonchev–Trinajstić information content (AvgIpc) is 2.72. The molecule has 3 N–H and O–H groups in total. The minimum atomic E-state index is -1.63. The summed E-state index contributed by atoms with van der Waals surface area (Å²) in [6, 6.07) is 1.54. The predicted octanol–water partition coefficient (Wildman–Crippen LogP) is 2.54. The Morgan fingerprint density at radius 1 is 1.09 bits per heavy atom. The maximum Gasteiger partial charge on any atom is 0.254 e. The number of aromatic nitrogens is 2. The molecule has 0 spiro atoms. The fourth-order valence-corrected chi connectivity index (χ4v) is 4.31. The van der Waals surface area contributed by atoms with Crippen LogP contribution in [0.2, 0.25) is 5.02 Å². The number of likely N-dealkylation sites (tertiary alicyclic amines) is 1. The maximum absolute atomic E-state index is 14.9. The van der Waals surface area contributed by atoms with Gasteiger partial charge in [0.1, 0.15) is 30.4 Å². The molecule has 170 valence electrons. The summed E-state index contributed by atoms with van der Waals surface area (Å²) in [5.41, 5.74) is 5.76. The fraction of sp³-hybridized carbons (Fsp3) is 0.400. The van der Waals surface area contributed by atoms with E-state index in [4.69, 9.17) is 17.3 Å². The second-order valence-corrected chi connectivity index (χ2v) is 8.10. The highest BCUT2D eigenvalue weighted by atomic mass is 35.5. The van der Waals surface area contributed by atoms with Crippen molar-refractivity contribution in [3.63, 3.8) is 0 Å². The second-order valence-electron chi connectivity index (χ2n) is 7.66. The molecule has 8 nitrogen and oxygen atoms in total. The molecule has 2 fully saturated rings. The number of rotatable bonds is 4. The van der Waals surface area contributed by atoms with Crippen molar-refractivity contribution in [1.82, 2.24) is 14.9 Å². The average molecular weight is 469 g/mol. The Morgan fingerprint density at radius 2 is 1.88 bits per heavy atom. The lowest BCUT2D eigenvalue weighted by atomic mass is 9.95. The number of piperidine rings is 2. The lowest BCUT2D eigenvalue weighted by Crippen LogP contribution is -2.63. The highest BCUT2D eigenvalue weighted by molar-refractivity contribution is 6.30. The van der Waals surface area contributed by atoms with Crippen molar-refractivity contribution in [1.29, 1.82) is 0 Å². The molecule has 1 aromatic carbocycles. The molecular formula is C20H20ClF3N6O2. The molecule has 0 saturated carbocycles. The van der Waals surface area contributed by atoms with Crippen molar-refractivity contribution in [2.24, 2.45) is 0 Å². The zero-order valence-corrected chi connectivity index (χ0v) is 17.5. The summed E-state index contributed by atoms with van der Waals surface area (Å²) in [4.78, 5) is 35.7. The van der Waals surface area contributed by atoms with E-state index in [1.54, 1.807) is 0 Å². The van der Waals surface area contributed by atoms with Gasteiger partial charge in [0, 0.05) is 23.8 Å². The minimum absolute atomic E-state index is 0.110. The number of anilines is 3. The summed E-state index contributed by atoms with van der Waals surface area (Å²) in [5, 5.41) is 3.06. The number of hydrogen-bond donors (Lipinski definition) is 2. The van der Waals surface area contributed by atoms with E-state index in [1.807, 2.05) is 0 Å². The van der Waals surface area contributed by atoms with Crippen molar-refractivity contribution in [2.75, 3.05) is 29.0 Å². The van der Waals surface area contributed by atoms with Gasteiger partial charge in [-0.25, -0.2) is 18.7 Å². The molecular weight excluding hydrogens is 449 g/mol. The fourth-order valence-electron chi connectivity index (χ4n) is 4.08. The molecule has 3 unspecified atom stereocenters. The van der Waals surface area contributed by atoms with Gasteiger partial charge in [-0.2, -0.15) is 4.39 Å². The van der Waals surface area contributed by atoms with Gasteiger partial charge in [0.2, 0.25) is 11.7 Å². The zero-order valence-electron chi connectivity index (χ0n) is 16.8. The summed E-state index contributed by atoms with van der Waals surface area (Å²) in [7, 11) is 0. The highest BCUT2D eigenvalue weighted by Crippen LogP contribution is 2.30. The van der Waals surface area contributed by atoms with Gasteiger partial charge in [-0.15, -0.1) is 0 Å². The number of halogens is 4. The number of nitrogens with two attached hydrogens (primary N) is 1. The SMILES string of the molecule is Nc1ncnc(N2CCC(F)C(N3CCCC(Nc4cc(F)cc(Cl)c4)C3=O)C2=O)c1F. The molecule has 3 atom stereocenters. The third-order valence-electron chi connectivity index (χ3n) is 5.56. The third kappa shape index (κ3) is 4.16. The molecule has 1 aromatic heterocycles. The molecule has 2 saturated heterocycles. The normalized spacial score (nSPS) is 24.1. The number of nitrogens with one attached hydrogen (secondary N) is 1. The van der Waals surface area contributed by atoms with E-state index < -0.39 is 47.5 Å². The Hall–Kier alpha value is -3.08. The Balaban J connectivity index is 1.57. The van der Waals surface area contributed by atoms with Crippen molar-refractivity contribution in [3.05, 3.63) is 41.2 Å². The van der Waals surface area contributed by atoms with Crippen LogP contribution in [-0.2, 0) is 9.59 Å². The largest absolute Gasteiger partial charge is 0.381 e. The van der Waals surface area contributed by atoms with Crippen LogP contribution in [0.25, 0.3) is 0 Å². The molecule has 2 aliphatic heterocycles. The lowest BCUT2D eigenvalue weighted by Gasteiger charge is -2.43. The van der Waals surface area contributed by atoms with Crippen molar-refractivity contribution < 1.29 is 22.8 Å². The smallest absolute Gasteiger partial charge is 0.254 e. The number of alkyl halides is 1. The van der Waals surface area contributed by atoms with Gasteiger partial charge in [0.05, 0.1) is 0 Å². The van der Waals surface area contributed by atoms with Crippen LogP contribution in [0, 0.1) is 11.6 Å². The number of nitrogens with zero attached hydrogens (tertiary/aromatic N) is 4. The van der Waals surface area contributed by atoms with Crippen molar-refractivity contribution >= 4 is 40.7 Å². The van der Waals surface area contributed by atoms with E-state index in [-0.39, 0.29) is 30.4 Å². The molecule has 12 heteroatoms. The van der Waals surface area contributed by atoms with E-state index in [0.29, 0.717) is 18.5 Å². The van der Waals surface area contributed by atoms with Crippen LogP contribution in [0.4, 0.5) is 30.5 Å². The van der Waals surface area contributed by atoms with Gasteiger partial charge in [-0.1, -0.05) is 11.6 Å². The number of nitrogen functional groups attached to an aromatic ring is 1. The minimum Gasteiger partial charge on any atom is -0.381 e.